The summed E-state index contributed by atoms with van der Waals surface area (Å²) in [4.78, 5) is 2.50. The molecule has 0 spiro atoms. The minimum absolute atomic E-state index is 0.199. The smallest absolute Gasteiger partial charge is 0.387 e. The molecule has 2 rings (SSSR count). The van der Waals surface area contributed by atoms with Crippen LogP contribution in [0.3, 0.4) is 0 Å². The Morgan fingerprint density at radius 3 is 2.67 bits per heavy atom. The normalized spacial score (nSPS) is 20.9. The molecule has 1 aliphatic rings. The molecule has 1 aliphatic heterocycles. The van der Waals surface area contributed by atoms with E-state index in [4.69, 9.17) is 0 Å². The number of likely N-dealkylation sites (N-methyl/N-ethyl adjacent to an activating group) is 1. The molecule has 0 bridgehead atoms. The third kappa shape index (κ3) is 4.64. The minimum Gasteiger partial charge on any atom is -0.435 e. The van der Waals surface area contributed by atoms with E-state index in [1.54, 1.807) is 12.1 Å². The number of halogens is 2. The van der Waals surface area contributed by atoms with E-state index in [-0.39, 0.29) is 11.8 Å². The van der Waals surface area contributed by atoms with E-state index < -0.39 is 6.61 Å². The third-order valence-electron chi connectivity index (χ3n) is 4.17. The van der Waals surface area contributed by atoms with Crippen LogP contribution in [0.4, 0.5) is 8.78 Å². The van der Waals surface area contributed by atoms with Crippen molar-refractivity contribution in [2.24, 2.45) is 0 Å². The second-order valence-electron chi connectivity index (χ2n) is 5.50. The number of hydrogen-bond acceptors (Lipinski definition) is 3. The lowest BCUT2D eigenvalue weighted by Crippen LogP contribution is -2.38. The van der Waals surface area contributed by atoms with E-state index in [1.165, 1.54) is 19.4 Å². The SMILES string of the molecule is CCN1CCCC1CNC(C)c1ccc(OC(F)F)cc1. The van der Waals surface area contributed by atoms with Crippen molar-refractivity contribution in [3.8, 4) is 5.75 Å². The summed E-state index contributed by atoms with van der Waals surface area (Å²) in [5, 5.41) is 3.53. The largest absolute Gasteiger partial charge is 0.435 e. The first-order valence-corrected chi connectivity index (χ1v) is 7.62. The Morgan fingerprint density at radius 1 is 1.33 bits per heavy atom. The van der Waals surface area contributed by atoms with Crippen LogP contribution in [0.25, 0.3) is 0 Å². The number of nitrogens with zero attached hydrogens (tertiary/aromatic N) is 1. The van der Waals surface area contributed by atoms with E-state index in [0.29, 0.717) is 6.04 Å². The van der Waals surface area contributed by atoms with Crippen LogP contribution in [0.5, 0.6) is 5.75 Å². The number of hydrogen-bond donors (Lipinski definition) is 1. The zero-order valence-electron chi connectivity index (χ0n) is 12.7. The van der Waals surface area contributed by atoms with Gasteiger partial charge >= 0.3 is 6.61 Å². The lowest BCUT2D eigenvalue weighted by Gasteiger charge is -2.25. The molecule has 0 aromatic heterocycles. The molecule has 1 aromatic rings. The number of nitrogens with one attached hydrogen (secondary N) is 1. The lowest BCUT2D eigenvalue weighted by atomic mass is 10.1. The first-order chi connectivity index (χ1) is 10.1. The van der Waals surface area contributed by atoms with Crippen molar-refractivity contribution in [3.63, 3.8) is 0 Å². The molecule has 0 saturated carbocycles. The predicted molar refractivity (Wildman–Crippen MR) is 79.8 cm³/mol. The van der Waals surface area contributed by atoms with Crippen LogP contribution in [0, 0.1) is 0 Å². The maximum absolute atomic E-state index is 12.1. The summed E-state index contributed by atoms with van der Waals surface area (Å²) in [7, 11) is 0. The standard InChI is InChI=1S/C16H24F2N2O/c1-3-20-10-4-5-14(20)11-19-12(2)13-6-8-15(9-7-13)21-16(17)18/h6-9,12,14,16,19H,3-5,10-11H2,1-2H3. The van der Waals surface area contributed by atoms with Gasteiger partial charge in [0.25, 0.3) is 0 Å². The van der Waals surface area contributed by atoms with Crippen LogP contribution in [0.1, 0.15) is 38.3 Å². The van der Waals surface area contributed by atoms with Crippen molar-refractivity contribution in [1.29, 1.82) is 0 Å². The van der Waals surface area contributed by atoms with Crippen LogP contribution in [0.2, 0.25) is 0 Å². The van der Waals surface area contributed by atoms with Crippen molar-refractivity contribution < 1.29 is 13.5 Å². The van der Waals surface area contributed by atoms with Gasteiger partial charge in [0.15, 0.2) is 0 Å². The van der Waals surface area contributed by atoms with E-state index >= 15 is 0 Å². The molecule has 118 valence electrons. The van der Waals surface area contributed by atoms with E-state index in [0.717, 1.165) is 18.7 Å². The zero-order chi connectivity index (χ0) is 15.2. The van der Waals surface area contributed by atoms with Crippen LogP contribution < -0.4 is 10.1 Å². The fourth-order valence-electron chi connectivity index (χ4n) is 2.91. The maximum atomic E-state index is 12.1. The number of alkyl halides is 2. The Kier molecular flexibility index (Phi) is 5.94. The van der Waals surface area contributed by atoms with Crippen molar-refractivity contribution in [2.75, 3.05) is 19.6 Å². The molecule has 0 aliphatic carbocycles. The molecule has 1 aromatic carbocycles. The Labute approximate surface area is 125 Å². The average molecular weight is 298 g/mol. The summed E-state index contributed by atoms with van der Waals surface area (Å²) in [6, 6.07) is 7.66. The predicted octanol–water partition coefficient (Wildman–Crippen LogP) is 3.42. The Balaban J connectivity index is 1.84. The number of ether oxygens (including phenoxy) is 1. The molecule has 0 radical (unpaired) electrons. The lowest BCUT2D eigenvalue weighted by molar-refractivity contribution is -0.0498. The van der Waals surface area contributed by atoms with Gasteiger partial charge in [0, 0.05) is 18.6 Å². The monoisotopic (exact) mass is 298 g/mol. The van der Waals surface area contributed by atoms with Gasteiger partial charge in [0.2, 0.25) is 0 Å². The van der Waals surface area contributed by atoms with Gasteiger partial charge in [-0.2, -0.15) is 8.78 Å². The zero-order valence-corrected chi connectivity index (χ0v) is 12.7. The Hall–Kier alpha value is -1.20. The van der Waals surface area contributed by atoms with E-state index in [2.05, 4.69) is 28.8 Å². The molecule has 21 heavy (non-hydrogen) atoms. The quantitative estimate of drug-likeness (QED) is 0.835. The number of rotatable bonds is 7. The molecular weight excluding hydrogens is 274 g/mol. The van der Waals surface area contributed by atoms with Gasteiger partial charge in [0.1, 0.15) is 5.75 Å². The summed E-state index contributed by atoms with van der Waals surface area (Å²) in [6.45, 7) is 4.77. The number of likely N-dealkylation sites (tertiary alicyclic amines) is 1. The van der Waals surface area contributed by atoms with Crippen molar-refractivity contribution in [1.82, 2.24) is 10.2 Å². The fourth-order valence-corrected chi connectivity index (χ4v) is 2.91. The highest BCUT2D eigenvalue weighted by Crippen LogP contribution is 2.20. The Bertz CT molecular complexity index is 425. The second kappa shape index (κ2) is 7.71. The second-order valence-corrected chi connectivity index (χ2v) is 5.50. The first kappa shape index (κ1) is 16.2. The van der Waals surface area contributed by atoms with Gasteiger partial charge in [-0.05, 0) is 50.6 Å². The van der Waals surface area contributed by atoms with Gasteiger partial charge in [-0.25, -0.2) is 0 Å². The van der Waals surface area contributed by atoms with Crippen molar-refractivity contribution >= 4 is 0 Å². The maximum Gasteiger partial charge on any atom is 0.387 e. The summed E-state index contributed by atoms with van der Waals surface area (Å²) < 4.78 is 28.6. The van der Waals surface area contributed by atoms with E-state index in [9.17, 15) is 8.78 Å². The molecule has 2 unspecified atom stereocenters. The highest BCUT2D eigenvalue weighted by molar-refractivity contribution is 5.28. The molecule has 0 amide bonds. The molecule has 1 N–H and O–H groups in total. The summed E-state index contributed by atoms with van der Waals surface area (Å²) in [6.07, 6.45) is 2.52. The summed E-state index contributed by atoms with van der Waals surface area (Å²) in [5.74, 6) is 0.203. The minimum atomic E-state index is -2.77. The van der Waals surface area contributed by atoms with Crippen LogP contribution in [0.15, 0.2) is 24.3 Å². The summed E-state index contributed by atoms with van der Waals surface area (Å²) >= 11 is 0. The molecule has 3 nitrogen and oxygen atoms in total. The fraction of sp³-hybridized carbons (Fsp3) is 0.625. The van der Waals surface area contributed by atoms with Crippen LogP contribution >= 0.6 is 0 Å². The van der Waals surface area contributed by atoms with Crippen LogP contribution in [-0.4, -0.2) is 37.2 Å². The average Bonchev–Trinajstić information content (AvgIpc) is 2.92. The van der Waals surface area contributed by atoms with Crippen LogP contribution in [-0.2, 0) is 0 Å². The van der Waals surface area contributed by atoms with Gasteiger partial charge < -0.3 is 10.1 Å². The first-order valence-electron chi connectivity index (χ1n) is 7.62. The molecular formula is C16H24F2N2O. The van der Waals surface area contributed by atoms with Gasteiger partial charge in [-0.15, -0.1) is 0 Å². The Morgan fingerprint density at radius 2 is 2.05 bits per heavy atom. The highest BCUT2D eigenvalue weighted by Gasteiger charge is 2.23. The topological polar surface area (TPSA) is 24.5 Å². The number of benzene rings is 1. The molecule has 1 saturated heterocycles. The summed E-state index contributed by atoms with van der Waals surface area (Å²) in [5.41, 5.74) is 1.08. The van der Waals surface area contributed by atoms with Crippen molar-refractivity contribution in [2.45, 2.75) is 45.4 Å². The van der Waals surface area contributed by atoms with Gasteiger partial charge in [0.05, 0.1) is 0 Å². The third-order valence-corrected chi connectivity index (χ3v) is 4.17. The molecule has 1 heterocycles. The molecule has 1 fully saturated rings. The van der Waals surface area contributed by atoms with Crippen molar-refractivity contribution in [3.05, 3.63) is 29.8 Å². The van der Waals surface area contributed by atoms with E-state index in [1.807, 2.05) is 12.1 Å². The molecule has 2 atom stereocenters. The van der Waals surface area contributed by atoms with Gasteiger partial charge in [-0.1, -0.05) is 19.1 Å². The molecule has 5 heteroatoms. The van der Waals surface area contributed by atoms with Gasteiger partial charge in [-0.3, -0.25) is 4.90 Å². The highest BCUT2D eigenvalue weighted by atomic mass is 19.3.